The van der Waals surface area contributed by atoms with Crippen LogP contribution in [-0.4, -0.2) is 28.5 Å². The first-order valence-electron chi connectivity index (χ1n) is 5.47. The Kier molecular flexibility index (Phi) is 5.62. The number of nitrogens with one attached hydrogen (secondary N) is 1. The SMILES string of the molecule is Cc1csc(CCCNC(=O)CCC(=O)O)n1. The number of carboxylic acid groups (broad SMARTS) is 1. The van der Waals surface area contributed by atoms with Crippen molar-refractivity contribution in [2.24, 2.45) is 0 Å². The second kappa shape index (κ2) is 7.01. The molecule has 1 amide bonds. The maximum absolute atomic E-state index is 11.2. The van der Waals surface area contributed by atoms with Crippen molar-refractivity contribution in [2.75, 3.05) is 6.54 Å². The Balaban J connectivity index is 2.07. The number of hydrogen-bond donors (Lipinski definition) is 2. The molecule has 0 fully saturated rings. The Hall–Kier alpha value is -1.43. The first kappa shape index (κ1) is 13.6. The molecule has 1 aromatic heterocycles. The van der Waals surface area contributed by atoms with Gasteiger partial charge in [0.25, 0.3) is 0 Å². The summed E-state index contributed by atoms with van der Waals surface area (Å²) in [6.07, 6.45) is 1.60. The number of hydrogen-bond acceptors (Lipinski definition) is 4. The summed E-state index contributed by atoms with van der Waals surface area (Å²) in [6.45, 7) is 2.52. The van der Waals surface area contributed by atoms with Crippen LogP contribution in [0.2, 0.25) is 0 Å². The monoisotopic (exact) mass is 256 g/mol. The standard InChI is InChI=1S/C11H16N2O3S/c1-8-7-17-10(13-8)3-2-6-12-9(14)4-5-11(15)16/h7H,2-6H2,1H3,(H,12,14)(H,15,16). The molecule has 0 bridgehead atoms. The van der Waals surface area contributed by atoms with Gasteiger partial charge in [-0.1, -0.05) is 0 Å². The number of aromatic nitrogens is 1. The molecule has 0 spiro atoms. The van der Waals surface area contributed by atoms with Gasteiger partial charge in [-0.25, -0.2) is 4.98 Å². The fourth-order valence-electron chi connectivity index (χ4n) is 1.29. The van der Waals surface area contributed by atoms with Crippen molar-refractivity contribution in [3.05, 3.63) is 16.1 Å². The van der Waals surface area contributed by atoms with E-state index in [0.29, 0.717) is 6.54 Å². The first-order chi connectivity index (χ1) is 8.08. The zero-order valence-corrected chi connectivity index (χ0v) is 10.5. The molecule has 1 aromatic rings. The highest BCUT2D eigenvalue weighted by atomic mass is 32.1. The van der Waals surface area contributed by atoms with Crippen molar-refractivity contribution in [3.63, 3.8) is 0 Å². The number of thiazole rings is 1. The average Bonchev–Trinajstić information content (AvgIpc) is 2.68. The molecule has 6 heteroatoms. The molecule has 1 rings (SSSR count). The summed E-state index contributed by atoms with van der Waals surface area (Å²) in [5, 5.41) is 14.2. The molecule has 2 N–H and O–H groups in total. The van der Waals surface area contributed by atoms with Crippen molar-refractivity contribution >= 4 is 23.2 Å². The summed E-state index contributed by atoms with van der Waals surface area (Å²) in [5.74, 6) is -1.15. The number of rotatable bonds is 7. The van der Waals surface area contributed by atoms with E-state index in [1.165, 1.54) is 0 Å². The molecule has 0 atom stereocenters. The van der Waals surface area contributed by atoms with Crippen LogP contribution >= 0.6 is 11.3 Å². The van der Waals surface area contributed by atoms with Gasteiger partial charge in [0.15, 0.2) is 0 Å². The quantitative estimate of drug-likeness (QED) is 0.722. The summed E-state index contributed by atoms with van der Waals surface area (Å²) in [7, 11) is 0. The van der Waals surface area contributed by atoms with E-state index < -0.39 is 5.97 Å². The van der Waals surface area contributed by atoms with Crippen LogP contribution in [0.25, 0.3) is 0 Å². The molecule has 5 nitrogen and oxygen atoms in total. The van der Waals surface area contributed by atoms with E-state index in [0.717, 1.165) is 23.5 Å². The fraction of sp³-hybridized carbons (Fsp3) is 0.545. The lowest BCUT2D eigenvalue weighted by Crippen LogP contribution is -2.25. The Labute approximate surface area is 104 Å². The Morgan fingerprint density at radius 3 is 2.82 bits per heavy atom. The van der Waals surface area contributed by atoms with Gasteiger partial charge in [-0.05, 0) is 13.3 Å². The van der Waals surface area contributed by atoms with Gasteiger partial charge in [0.2, 0.25) is 5.91 Å². The first-order valence-corrected chi connectivity index (χ1v) is 6.35. The highest BCUT2D eigenvalue weighted by Crippen LogP contribution is 2.10. The summed E-state index contributed by atoms with van der Waals surface area (Å²) in [5.41, 5.74) is 1.02. The van der Waals surface area contributed by atoms with Crippen molar-refractivity contribution in [2.45, 2.75) is 32.6 Å². The Morgan fingerprint density at radius 2 is 2.24 bits per heavy atom. The molecule has 0 saturated heterocycles. The van der Waals surface area contributed by atoms with Crippen LogP contribution in [0.4, 0.5) is 0 Å². The van der Waals surface area contributed by atoms with Gasteiger partial charge >= 0.3 is 5.97 Å². The van der Waals surface area contributed by atoms with Gasteiger partial charge in [-0.3, -0.25) is 9.59 Å². The molecule has 0 saturated carbocycles. The maximum atomic E-state index is 11.2. The summed E-state index contributed by atoms with van der Waals surface area (Å²) >= 11 is 1.62. The molecule has 0 unspecified atom stereocenters. The van der Waals surface area contributed by atoms with E-state index in [9.17, 15) is 9.59 Å². The third-order valence-electron chi connectivity index (χ3n) is 2.12. The van der Waals surface area contributed by atoms with E-state index in [-0.39, 0.29) is 18.7 Å². The van der Waals surface area contributed by atoms with E-state index >= 15 is 0 Å². The topological polar surface area (TPSA) is 79.3 Å². The number of aliphatic carboxylic acids is 1. The van der Waals surface area contributed by atoms with Crippen molar-refractivity contribution in [1.82, 2.24) is 10.3 Å². The minimum absolute atomic E-state index is 0.0473. The van der Waals surface area contributed by atoms with Gasteiger partial charge in [0.1, 0.15) is 0 Å². The van der Waals surface area contributed by atoms with Gasteiger partial charge in [0.05, 0.1) is 11.4 Å². The molecule has 0 aliphatic carbocycles. The van der Waals surface area contributed by atoms with Crippen LogP contribution in [0.5, 0.6) is 0 Å². The summed E-state index contributed by atoms with van der Waals surface area (Å²) < 4.78 is 0. The third kappa shape index (κ3) is 6.01. The van der Waals surface area contributed by atoms with Crippen LogP contribution in [0.15, 0.2) is 5.38 Å². The molecule has 1 heterocycles. The zero-order chi connectivity index (χ0) is 12.7. The number of amides is 1. The van der Waals surface area contributed by atoms with Gasteiger partial charge < -0.3 is 10.4 Å². The van der Waals surface area contributed by atoms with Crippen LogP contribution < -0.4 is 5.32 Å². The predicted molar refractivity (Wildman–Crippen MR) is 65.1 cm³/mol. The van der Waals surface area contributed by atoms with E-state index in [2.05, 4.69) is 10.3 Å². The predicted octanol–water partition coefficient (Wildman–Crippen LogP) is 1.37. The molecule has 0 aliphatic rings. The third-order valence-corrected chi connectivity index (χ3v) is 3.15. The normalized spacial score (nSPS) is 10.2. The van der Waals surface area contributed by atoms with Gasteiger partial charge in [0, 0.05) is 30.5 Å². The van der Waals surface area contributed by atoms with Crippen molar-refractivity contribution in [1.29, 1.82) is 0 Å². The van der Waals surface area contributed by atoms with Crippen LogP contribution in [0, 0.1) is 6.92 Å². The molecule has 17 heavy (non-hydrogen) atoms. The fourth-order valence-corrected chi connectivity index (χ4v) is 2.11. The molecule has 94 valence electrons. The molecular formula is C11H16N2O3S. The second-order valence-corrected chi connectivity index (χ2v) is 4.67. The number of aryl methyl sites for hydroxylation is 2. The number of carboxylic acids is 1. The van der Waals surface area contributed by atoms with E-state index in [1.807, 2.05) is 12.3 Å². The maximum Gasteiger partial charge on any atom is 0.303 e. The molecule has 0 aromatic carbocycles. The minimum atomic E-state index is -0.946. The lowest BCUT2D eigenvalue weighted by Gasteiger charge is -2.02. The lowest BCUT2D eigenvalue weighted by molar-refractivity contribution is -0.138. The van der Waals surface area contributed by atoms with Gasteiger partial charge in [-0.15, -0.1) is 11.3 Å². The highest BCUT2D eigenvalue weighted by molar-refractivity contribution is 7.09. The Bertz CT molecular complexity index is 390. The van der Waals surface area contributed by atoms with Crippen LogP contribution in [0.3, 0.4) is 0 Å². The summed E-state index contributed by atoms with van der Waals surface area (Å²) in [6, 6.07) is 0. The highest BCUT2D eigenvalue weighted by Gasteiger charge is 2.04. The van der Waals surface area contributed by atoms with Crippen LogP contribution in [-0.2, 0) is 16.0 Å². The minimum Gasteiger partial charge on any atom is -0.481 e. The Morgan fingerprint density at radius 1 is 1.47 bits per heavy atom. The van der Waals surface area contributed by atoms with Gasteiger partial charge in [-0.2, -0.15) is 0 Å². The summed E-state index contributed by atoms with van der Waals surface area (Å²) in [4.78, 5) is 25.7. The second-order valence-electron chi connectivity index (χ2n) is 3.73. The largest absolute Gasteiger partial charge is 0.481 e. The zero-order valence-electron chi connectivity index (χ0n) is 9.73. The molecule has 0 aliphatic heterocycles. The number of nitrogens with zero attached hydrogens (tertiary/aromatic N) is 1. The van der Waals surface area contributed by atoms with E-state index in [4.69, 9.17) is 5.11 Å². The van der Waals surface area contributed by atoms with Crippen LogP contribution in [0.1, 0.15) is 30.0 Å². The number of carbonyl (C=O) groups is 2. The molecule has 0 radical (unpaired) electrons. The average molecular weight is 256 g/mol. The van der Waals surface area contributed by atoms with E-state index in [1.54, 1.807) is 11.3 Å². The van der Waals surface area contributed by atoms with Crippen molar-refractivity contribution in [3.8, 4) is 0 Å². The van der Waals surface area contributed by atoms with Crippen molar-refractivity contribution < 1.29 is 14.7 Å². The number of carbonyl (C=O) groups excluding carboxylic acids is 1. The molecular weight excluding hydrogens is 240 g/mol. The smallest absolute Gasteiger partial charge is 0.303 e. The lowest BCUT2D eigenvalue weighted by atomic mass is 10.3.